The summed E-state index contributed by atoms with van der Waals surface area (Å²) >= 11 is 6.01. The van der Waals surface area contributed by atoms with E-state index < -0.39 is 23.3 Å². The third-order valence-electron chi connectivity index (χ3n) is 3.85. The highest BCUT2D eigenvalue weighted by molar-refractivity contribution is 6.31. The average molecular weight is 334 g/mol. The Hall–Kier alpha value is -2.47. The van der Waals surface area contributed by atoms with Crippen LogP contribution in [0.25, 0.3) is 0 Å². The monoisotopic (exact) mass is 333 g/mol. The predicted molar refractivity (Wildman–Crippen MR) is 82.1 cm³/mol. The molecular formula is C16H13ClFN3O2. The van der Waals surface area contributed by atoms with Crippen molar-refractivity contribution in [2.45, 2.75) is 19.0 Å². The predicted octanol–water partition coefficient (Wildman–Crippen LogP) is 2.84. The molecule has 1 aliphatic heterocycles. The lowest BCUT2D eigenvalue weighted by Gasteiger charge is -2.21. The first-order valence-electron chi connectivity index (χ1n) is 6.90. The highest BCUT2D eigenvalue weighted by atomic mass is 35.5. The quantitative estimate of drug-likeness (QED) is 0.879. The number of urea groups is 1. The van der Waals surface area contributed by atoms with E-state index >= 15 is 0 Å². The van der Waals surface area contributed by atoms with E-state index in [1.54, 1.807) is 25.3 Å². The number of amides is 3. The van der Waals surface area contributed by atoms with Gasteiger partial charge in [-0.2, -0.15) is 0 Å². The normalized spacial score (nSPS) is 20.7. The van der Waals surface area contributed by atoms with Gasteiger partial charge in [0.25, 0.3) is 5.91 Å². The summed E-state index contributed by atoms with van der Waals surface area (Å²) in [7, 11) is 0. The molecular weight excluding hydrogens is 321 g/mol. The van der Waals surface area contributed by atoms with Crippen LogP contribution >= 0.6 is 11.6 Å². The van der Waals surface area contributed by atoms with Crippen molar-refractivity contribution in [1.82, 2.24) is 15.2 Å². The van der Waals surface area contributed by atoms with Crippen molar-refractivity contribution < 1.29 is 14.0 Å². The molecule has 23 heavy (non-hydrogen) atoms. The van der Waals surface area contributed by atoms with Crippen LogP contribution in [0.15, 0.2) is 42.7 Å². The van der Waals surface area contributed by atoms with Crippen LogP contribution in [0.4, 0.5) is 9.18 Å². The number of rotatable bonds is 3. The highest BCUT2D eigenvalue weighted by Crippen LogP contribution is 2.30. The Kier molecular flexibility index (Phi) is 3.77. The van der Waals surface area contributed by atoms with Gasteiger partial charge in [-0.05, 0) is 36.8 Å². The molecule has 0 spiro atoms. The first-order valence-corrected chi connectivity index (χ1v) is 7.28. The van der Waals surface area contributed by atoms with Gasteiger partial charge in [0.05, 0.1) is 6.54 Å². The molecule has 3 amide bonds. The Labute approximate surface area is 137 Å². The van der Waals surface area contributed by atoms with Crippen LogP contribution in [0.1, 0.15) is 18.1 Å². The number of hydrogen-bond donors (Lipinski definition) is 1. The van der Waals surface area contributed by atoms with Crippen LogP contribution in [-0.4, -0.2) is 21.8 Å². The molecule has 0 saturated carbocycles. The maximum atomic E-state index is 13.4. The number of imide groups is 1. The van der Waals surface area contributed by atoms with Crippen LogP contribution in [0.5, 0.6) is 0 Å². The van der Waals surface area contributed by atoms with Gasteiger partial charge in [-0.1, -0.05) is 17.7 Å². The molecule has 0 aliphatic carbocycles. The van der Waals surface area contributed by atoms with E-state index in [0.717, 1.165) is 4.90 Å². The highest BCUT2D eigenvalue weighted by Gasteiger charge is 2.49. The second-order valence-corrected chi connectivity index (χ2v) is 5.83. The van der Waals surface area contributed by atoms with Gasteiger partial charge in [0, 0.05) is 23.0 Å². The third-order valence-corrected chi connectivity index (χ3v) is 4.22. The first kappa shape index (κ1) is 15.4. The molecule has 1 saturated heterocycles. The Bertz CT molecular complexity index is 784. The number of halogens is 2. The SMILES string of the molecule is C[C@]1(c2cccnc2)NC(=O)N(Cc2cc(F)ccc2Cl)C1=O. The standard InChI is InChI=1S/C16H13ClFN3O2/c1-16(11-3-2-6-19-8-11)14(22)21(15(23)20-16)9-10-7-12(18)4-5-13(10)17/h2-8H,9H2,1H3,(H,20,23)/t16-/m1/s1. The summed E-state index contributed by atoms with van der Waals surface area (Å²) < 4.78 is 13.4. The summed E-state index contributed by atoms with van der Waals surface area (Å²) in [5, 5.41) is 2.95. The minimum absolute atomic E-state index is 0.100. The molecule has 5 nitrogen and oxygen atoms in total. The smallest absolute Gasteiger partial charge is 0.319 e. The first-order chi connectivity index (χ1) is 10.9. The van der Waals surface area contributed by atoms with Gasteiger partial charge in [0.1, 0.15) is 11.4 Å². The van der Waals surface area contributed by atoms with Crippen LogP contribution in [0.3, 0.4) is 0 Å². The maximum Gasteiger partial charge on any atom is 0.325 e. The molecule has 3 rings (SSSR count). The molecule has 2 heterocycles. The van der Waals surface area contributed by atoms with Gasteiger partial charge in [-0.15, -0.1) is 0 Å². The molecule has 1 fully saturated rings. The van der Waals surface area contributed by atoms with E-state index in [-0.39, 0.29) is 6.54 Å². The zero-order valence-corrected chi connectivity index (χ0v) is 13.0. The summed E-state index contributed by atoms with van der Waals surface area (Å²) in [6.45, 7) is 1.51. The Morgan fingerprint density at radius 1 is 1.35 bits per heavy atom. The lowest BCUT2D eigenvalue weighted by molar-refractivity contribution is -0.131. The van der Waals surface area contributed by atoms with Gasteiger partial charge in [0.2, 0.25) is 0 Å². The fourth-order valence-electron chi connectivity index (χ4n) is 2.53. The van der Waals surface area contributed by atoms with Crippen molar-refractivity contribution in [1.29, 1.82) is 0 Å². The summed E-state index contributed by atoms with van der Waals surface area (Å²) in [5.41, 5.74) is -0.262. The molecule has 1 aromatic heterocycles. The number of benzene rings is 1. The van der Waals surface area contributed by atoms with Gasteiger partial charge >= 0.3 is 6.03 Å². The number of nitrogens with zero attached hydrogens (tertiary/aromatic N) is 2. The van der Waals surface area contributed by atoms with Crippen molar-refractivity contribution >= 4 is 23.5 Å². The minimum Gasteiger partial charge on any atom is -0.319 e. The van der Waals surface area contributed by atoms with E-state index in [1.807, 2.05) is 0 Å². The topological polar surface area (TPSA) is 62.3 Å². The van der Waals surface area contributed by atoms with Gasteiger partial charge in [0.15, 0.2) is 0 Å². The Balaban J connectivity index is 1.92. The van der Waals surface area contributed by atoms with E-state index in [0.29, 0.717) is 16.1 Å². The van der Waals surface area contributed by atoms with Crippen LogP contribution in [0.2, 0.25) is 5.02 Å². The fraction of sp³-hybridized carbons (Fsp3) is 0.188. The van der Waals surface area contributed by atoms with E-state index in [2.05, 4.69) is 10.3 Å². The molecule has 1 N–H and O–H groups in total. The lowest BCUT2D eigenvalue weighted by atomic mass is 9.93. The molecule has 0 radical (unpaired) electrons. The number of carbonyl (C=O) groups excluding carboxylic acids is 2. The van der Waals surface area contributed by atoms with E-state index in [4.69, 9.17) is 11.6 Å². The average Bonchev–Trinajstić information content (AvgIpc) is 2.76. The lowest BCUT2D eigenvalue weighted by Crippen LogP contribution is -2.40. The minimum atomic E-state index is -1.20. The molecule has 0 unspecified atom stereocenters. The van der Waals surface area contributed by atoms with Crippen molar-refractivity contribution in [2.24, 2.45) is 0 Å². The zero-order chi connectivity index (χ0) is 16.6. The molecule has 7 heteroatoms. The summed E-state index contributed by atoms with van der Waals surface area (Å²) in [6, 6.07) is 6.67. The Morgan fingerprint density at radius 2 is 2.13 bits per heavy atom. The second-order valence-electron chi connectivity index (χ2n) is 5.42. The summed E-state index contributed by atoms with van der Waals surface area (Å²) in [6.07, 6.45) is 3.11. The van der Waals surface area contributed by atoms with Crippen LogP contribution < -0.4 is 5.32 Å². The molecule has 2 aromatic rings. The molecule has 1 aliphatic rings. The van der Waals surface area contributed by atoms with Gasteiger partial charge in [-0.25, -0.2) is 9.18 Å². The van der Waals surface area contributed by atoms with Crippen LogP contribution in [-0.2, 0) is 16.9 Å². The number of aromatic nitrogens is 1. The zero-order valence-electron chi connectivity index (χ0n) is 12.2. The fourth-order valence-corrected chi connectivity index (χ4v) is 2.71. The van der Waals surface area contributed by atoms with Crippen LogP contribution in [0, 0.1) is 5.82 Å². The largest absolute Gasteiger partial charge is 0.325 e. The molecule has 0 bridgehead atoms. The third kappa shape index (κ3) is 2.66. The number of nitrogens with one attached hydrogen (secondary N) is 1. The van der Waals surface area contributed by atoms with Crippen molar-refractivity contribution in [3.63, 3.8) is 0 Å². The second kappa shape index (κ2) is 5.62. The van der Waals surface area contributed by atoms with Crippen molar-refractivity contribution in [3.8, 4) is 0 Å². The number of hydrogen-bond acceptors (Lipinski definition) is 3. The number of pyridine rings is 1. The summed E-state index contributed by atoms with van der Waals surface area (Å²) in [5.74, 6) is -0.915. The molecule has 118 valence electrons. The molecule has 1 atom stereocenters. The molecule has 1 aromatic carbocycles. The number of carbonyl (C=O) groups is 2. The van der Waals surface area contributed by atoms with Crippen molar-refractivity contribution in [3.05, 3.63) is 64.7 Å². The van der Waals surface area contributed by atoms with Crippen molar-refractivity contribution in [2.75, 3.05) is 0 Å². The van der Waals surface area contributed by atoms with E-state index in [9.17, 15) is 14.0 Å². The van der Waals surface area contributed by atoms with E-state index in [1.165, 1.54) is 24.4 Å². The van der Waals surface area contributed by atoms with Gasteiger partial charge < -0.3 is 5.32 Å². The Morgan fingerprint density at radius 3 is 2.83 bits per heavy atom. The summed E-state index contributed by atoms with van der Waals surface area (Å²) in [4.78, 5) is 29.9. The maximum absolute atomic E-state index is 13.4. The van der Waals surface area contributed by atoms with Gasteiger partial charge in [-0.3, -0.25) is 14.7 Å².